The van der Waals surface area contributed by atoms with Crippen LogP contribution in [-0.4, -0.2) is 204 Å². The molecule has 9 rings (SSSR count). The van der Waals surface area contributed by atoms with Gasteiger partial charge in [-0.1, -0.05) is 228 Å². The zero-order valence-electron chi connectivity index (χ0n) is 87.7. The van der Waals surface area contributed by atoms with E-state index in [0.29, 0.717) is 94.9 Å². The van der Waals surface area contributed by atoms with Crippen LogP contribution in [0.2, 0.25) is 0 Å². The van der Waals surface area contributed by atoms with Crippen molar-refractivity contribution in [2.45, 2.75) is 392 Å². The van der Waals surface area contributed by atoms with Crippen molar-refractivity contribution in [3.63, 3.8) is 0 Å². The number of esters is 4. The predicted octanol–water partition coefficient (Wildman–Crippen LogP) is 23.7. The standard InChI is InChI=1S/4C17H23NO4.C10H17NO4.C8H18.C8H16.C6H12O.C6H10O.C3H6O/c4*1-17(2,3)22-16(20)18-11-7-10-14(18)15(19)21-12-13-8-5-4-6-9-13;1-10(2,3)15-9(14)11-6-4-5-7(11)8(12)13;2*1-5-7-8(3,4)6-2;2*1-3-5-6(7)4-2;1-2-3-4/h4*4-6,8-9,14H,7,10-12H2,1-3H3;7H,4-6H2,1-3H3,(H,12,13);5-7H2,1-4H3;5H,1,6-7H2,2-4H3;3,6-7H,1,4-5H2,2H3;3H,1,4-5H2,2H3;3H,2H2,1H3/t4*14-;7-;;;;;/m00000...../s1. The lowest BCUT2D eigenvalue weighted by Crippen LogP contribution is -2.44. The van der Waals surface area contributed by atoms with Gasteiger partial charge < -0.3 is 57.6 Å². The number of aliphatic carboxylic acids is 1. The van der Waals surface area contributed by atoms with E-state index in [1.807, 2.05) is 231 Å². The molecule has 5 aliphatic rings. The molecule has 2 N–H and O–H groups in total. The summed E-state index contributed by atoms with van der Waals surface area (Å²) in [6, 6.07) is 35.1. The molecule has 4 aromatic carbocycles. The van der Waals surface area contributed by atoms with Crippen LogP contribution in [0.15, 0.2) is 159 Å². The quantitative estimate of drug-likeness (QED) is 0.0255. The fraction of sp³-hybridized carbons (Fsp3) is 0.615. The number of hydrogen-bond acceptors (Lipinski definition) is 22. The molecule has 0 bridgehead atoms. The Labute approximate surface area is 820 Å². The second-order valence-electron chi connectivity index (χ2n) is 40.2. The van der Waals surface area contributed by atoms with Crippen molar-refractivity contribution in [3.8, 4) is 0 Å². The number of hydrogen-bond donors (Lipinski definition) is 2. The average molecular weight is 1920 g/mol. The minimum atomic E-state index is -0.960. The summed E-state index contributed by atoms with van der Waals surface area (Å²) in [6.07, 6.45) is 20.2. The number of nitrogens with zero attached hydrogens (tertiary/aromatic N) is 5. The summed E-state index contributed by atoms with van der Waals surface area (Å²) in [5.74, 6) is -2.17. The lowest BCUT2D eigenvalue weighted by atomic mass is 9.86. The highest BCUT2D eigenvalue weighted by atomic mass is 16.6. The summed E-state index contributed by atoms with van der Waals surface area (Å²) < 4.78 is 47.8. The Morgan fingerprint density at radius 2 is 0.613 bits per heavy atom. The zero-order valence-corrected chi connectivity index (χ0v) is 87.7. The first-order chi connectivity index (χ1) is 64.0. The van der Waals surface area contributed by atoms with Crippen LogP contribution in [0.5, 0.6) is 0 Å². The van der Waals surface area contributed by atoms with Gasteiger partial charge in [0.05, 0.1) is 6.10 Å². The number of ketones is 1. The van der Waals surface area contributed by atoms with Crippen LogP contribution in [-0.2, 0) is 103 Å². The maximum absolute atomic E-state index is 12.2. The summed E-state index contributed by atoms with van der Waals surface area (Å²) in [4.78, 5) is 147. The number of carbonyl (C=O) groups excluding carboxylic acids is 11. The Bertz CT molecular complexity index is 3790. The number of allylic oxidation sites excluding steroid dienone is 2. The molecule has 0 aromatic heterocycles. The first kappa shape index (κ1) is 126. The molecule has 770 valence electrons. The van der Waals surface area contributed by atoms with Gasteiger partial charge >= 0.3 is 60.3 Å². The molecule has 5 amide bonds. The molecule has 5 fully saturated rings. The van der Waals surface area contributed by atoms with Crippen LogP contribution < -0.4 is 0 Å². The molecule has 5 heterocycles. The SMILES string of the molecule is C=CCC(=O)CC.C=CCC(C)(C)CC.C=CCC(O)CC.CC(C)(C)OC(=O)N1CCC[C@H]1C(=O)O.CC(C)(C)OC(=O)N1CCC[C@H]1C(=O)OCc1ccccc1.CC(C)(C)OC(=O)N1CCC[C@H]1C(=O)OCc1ccccc1.CC(C)(C)OC(=O)N1CCC[C@H]1C(=O)OCc1ccccc1.CC(C)(C)OC(=O)N1CCC[C@H]1C(=O)OCc1ccccc1.CCC=O.CCCC(C)(C)CC. The van der Waals surface area contributed by atoms with Crippen molar-refractivity contribution in [2.24, 2.45) is 10.8 Å². The first-order valence-electron chi connectivity index (χ1n) is 48.5. The van der Waals surface area contributed by atoms with E-state index in [1.165, 1.54) is 50.2 Å². The molecular formula is C109H171N5O23. The van der Waals surface area contributed by atoms with Gasteiger partial charge in [-0.3, -0.25) is 29.3 Å². The van der Waals surface area contributed by atoms with Crippen LogP contribution in [0.1, 0.15) is 324 Å². The fourth-order valence-corrected chi connectivity index (χ4v) is 13.1. The topological polar surface area (TPSA) is 345 Å². The Balaban J connectivity index is 0.00000156. The van der Waals surface area contributed by atoms with E-state index in [-0.39, 0.29) is 62.2 Å². The number of aliphatic hydroxyl groups excluding tert-OH is 1. The monoisotopic (exact) mass is 1920 g/mol. The fourth-order valence-electron chi connectivity index (χ4n) is 13.1. The van der Waals surface area contributed by atoms with Gasteiger partial charge in [0.15, 0.2) is 0 Å². The van der Waals surface area contributed by atoms with Crippen LogP contribution in [0.3, 0.4) is 0 Å². The smallest absolute Gasteiger partial charge is 0.411 e. The minimum absolute atomic E-state index is 0.169. The number of benzene rings is 4. The molecule has 5 saturated heterocycles. The Hall–Kier alpha value is -10.9. The van der Waals surface area contributed by atoms with Crippen molar-refractivity contribution >= 4 is 72.4 Å². The number of carboxylic acid groups (broad SMARTS) is 1. The first-order valence-corrected chi connectivity index (χ1v) is 48.5. The van der Waals surface area contributed by atoms with Gasteiger partial charge in [0.1, 0.15) is 96.7 Å². The summed E-state index contributed by atoms with van der Waals surface area (Å²) in [5, 5.41) is 17.7. The van der Waals surface area contributed by atoms with Crippen molar-refractivity contribution < 1.29 is 110 Å². The molecule has 137 heavy (non-hydrogen) atoms. The number of aldehydes is 1. The normalized spacial score (nSPS) is 16.7. The molecule has 0 radical (unpaired) electrons. The van der Waals surface area contributed by atoms with Gasteiger partial charge in [0.25, 0.3) is 0 Å². The highest BCUT2D eigenvalue weighted by molar-refractivity contribution is 5.85. The van der Waals surface area contributed by atoms with E-state index in [1.54, 1.807) is 32.9 Å². The summed E-state index contributed by atoms with van der Waals surface area (Å²) in [7, 11) is 0. The van der Waals surface area contributed by atoms with Gasteiger partial charge in [0, 0.05) is 52.0 Å². The third kappa shape index (κ3) is 57.8. The van der Waals surface area contributed by atoms with Crippen molar-refractivity contribution in [3.05, 3.63) is 182 Å². The Kier molecular flexibility index (Phi) is 60.6. The van der Waals surface area contributed by atoms with Gasteiger partial charge in [0.2, 0.25) is 0 Å². The van der Waals surface area contributed by atoms with Gasteiger partial charge in [-0.15, -0.1) is 19.7 Å². The molecule has 5 aliphatic heterocycles. The Morgan fingerprint density at radius 3 is 0.766 bits per heavy atom. The molecule has 4 aromatic rings. The average Bonchev–Trinajstić information content (AvgIpc) is 1.75. The second-order valence-corrected chi connectivity index (χ2v) is 40.2. The number of amides is 5. The van der Waals surface area contributed by atoms with E-state index in [2.05, 4.69) is 68.2 Å². The number of Topliss-reactive ketones (excluding diaryl/α,β-unsaturated/α-hetero) is 1. The Morgan fingerprint density at radius 1 is 0.372 bits per heavy atom. The number of carboxylic acids is 1. The molecule has 0 saturated carbocycles. The van der Waals surface area contributed by atoms with Crippen LogP contribution >= 0.6 is 0 Å². The third-order valence-corrected chi connectivity index (χ3v) is 21.1. The lowest BCUT2D eigenvalue weighted by Gasteiger charge is -2.27. The zero-order chi connectivity index (χ0) is 104. The van der Waals surface area contributed by atoms with E-state index < -0.39 is 94.6 Å². The van der Waals surface area contributed by atoms with Crippen LogP contribution in [0, 0.1) is 10.8 Å². The number of carbonyl (C=O) groups is 12. The van der Waals surface area contributed by atoms with E-state index >= 15 is 0 Å². The summed E-state index contributed by atoms with van der Waals surface area (Å²) in [6.45, 7) is 62.6. The molecule has 0 spiro atoms. The van der Waals surface area contributed by atoms with Gasteiger partial charge in [-0.2, -0.15) is 0 Å². The molecule has 6 atom stereocenters. The van der Waals surface area contributed by atoms with E-state index in [9.17, 15) is 57.5 Å². The third-order valence-electron chi connectivity index (χ3n) is 21.1. The van der Waals surface area contributed by atoms with Gasteiger partial charge in [-0.05, 0) is 227 Å². The van der Waals surface area contributed by atoms with Crippen molar-refractivity contribution in [2.75, 3.05) is 32.7 Å². The van der Waals surface area contributed by atoms with Crippen molar-refractivity contribution in [1.29, 1.82) is 0 Å². The van der Waals surface area contributed by atoms with E-state index in [4.69, 9.17) is 52.8 Å². The number of rotatable bonds is 26. The summed E-state index contributed by atoms with van der Waals surface area (Å²) >= 11 is 0. The predicted molar refractivity (Wildman–Crippen MR) is 538 cm³/mol. The molecule has 28 nitrogen and oxygen atoms in total. The van der Waals surface area contributed by atoms with Crippen molar-refractivity contribution in [1.82, 2.24) is 24.5 Å². The molecule has 0 aliphatic carbocycles. The van der Waals surface area contributed by atoms with Gasteiger partial charge in [-0.25, -0.2) is 47.9 Å². The molecule has 28 heteroatoms. The minimum Gasteiger partial charge on any atom is -0.480 e. The highest BCUT2D eigenvalue weighted by Gasteiger charge is 2.43. The highest BCUT2D eigenvalue weighted by Crippen LogP contribution is 2.30. The number of aliphatic hydroxyl groups is 1. The van der Waals surface area contributed by atoms with E-state index in [0.717, 1.165) is 79.9 Å². The lowest BCUT2D eigenvalue weighted by molar-refractivity contribution is -0.150. The number of likely N-dealkylation sites (tertiary alicyclic amines) is 5. The summed E-state index contributed by atoms with van der Waals surface area (Å²) in [5.41, 5.74) is 1.91. The number of ether oxygens (including phenoxy) is 9. The molecule has 1 unspecified atom stereocenters. The largest absolute Gasteiger partial charge is 0.480 e. The van der Waals surface area contributed by atoms with Crippen LogP contribution in [0.4, 0.5) is 24.0 Å². The van der Waals surface area contributed by atoms with Crippen LogP contribution in [0.25, 0.3) is 0 Å². The maximum Gasteiger partial charge on any atom is 0.411 e. The second kappa shape index (κ2) is 65.8. The maximum atomic E-state index is 12.2. The molecular weight excluding hydrogens is 1750 g/mol.